The molecule has 4 nitrogen and oxygen atoms in total. The zero-order valence-electron chi connectivity index (χ0n) is 11.8. The van der Waals surface area contributed by atoms with Gasteiger partial charge in [0.1, 0.15) is 5.70 Å². The van der Waals surface area contributed by atoms with Gasteiger partial charge in [0.25, 0.3) is 5.91 Å². The van der Waals surface area contributed by atoms with Crippen LogP contribution in [0.1, 0.15) is 21.5 Å². The molecule has 2 N–H and O–H groups in total. The lowest BCUT2D eigenvalue weighted by molar-refractivity contribution is -0.132. The largest absolute Gasteiger partial charge is 0.477 e. The monoisotopic (exact) mass is 315 g/mol. The lowest BCUT2D eigenvalue weighted by atomic mass is 10.1. The van der Waals surface area contributed by atoms with Crippen molar-refractivity contribution in [1.82, 2.24) is 5.32 Å². The van der Waals surface area contributed by atoms with Crippen molar-refractivity contribution in [3.63, 3.8) is 0 Å². The molecular formula is C17H14ClNO3. The molecule has 0 heterocycles. The zero-order chi connectivity index (χ0) is 16.1. The highest BCUT2D eigenvalue weighted by molar-refractivity contribution is 6.30. The molecule has 22 heavy (non-hydrogen) atoms. The van der Waals surface area contributed by atoms with Gasteiger partial charge in [-0.15, -0.1) is 0 Å². The fourth-order valence-corrected chi connectivity index (χ4v) is 1.90. The Bertz CT molecular complexity index is 719. The summed E-state index contributed by atoms with van der Waals surface area (Å²) in [7, 11) is 0. The molecular weight excluding hydrogens is 302 g/mol. The van der Waals surface area contributed by atoms with Crippen molar-refractivity contribution in [2.45, 2.75) is 6.92 Å². The maximum Gasteiger partial charge on any atom is 0.352 e. The van der Waals surface area contributed by atoms with E-state index in [2.05, 4.69) is 5.32 Å². The smallest absolute Gasteiger partial charge is 0.352 e. The van der Waals surface area contributed by atoms with Crippen LogP contribution in [-0.2, 0) is 4.79 Å². The quantitative estimate of drug-likeness (QED) is 0.849. The van der Waals surface area contributed by atoms with E-state index in [1.54, 1.807) is 48.5 Å². The molecule has 0 aliphatic carbocycles. The molecule has 0 aliphatic rings. The van der Waals surface area contributed by atoms with Crippen molar-refractivity contribution < 1.29 is 14.7 Å². The summed E-state index contributed by atoms with van der Waals surface area (Å²) in [5.74, 6) is -1.68. The third-order valence-electron chi connectivity index (χ3n) is 2.97. The summed E-state index contributed by atoms with van der Waals surface area (Å²) in [4.78, 5) is 23.4. The van der Waals surface area contributed by atoms with Gasteiger partial charge in [-0.3, -0.25) is 4.79 Å². The van der Waals surface area contributed by atoms with Crippen LogP contribution in [0.5, 0.6) is 0 Å². The molecule has 1 amide bonds. The molecule has 5 heteroatoms. The number of carboxylic acid groups (broad SMARTS) is 1. The molecule has 0 spiro atoms. The van der Waals surface area contributed by atoms with Crippen LogP contribution in [0.3, 0.4) is 0 Å². The third kappa shape index (κ3) is 4.20. The standard InChI is InChI=1S/C17H14ClNO3/c1-11-2-6-13(7-3-11)16(20)19-15(17(21)22)10-12-4-8-14(18)9-5-12/h2-10H,1H3,(H,19,20)(H,21,22)/b15-10+. The summed E-state index contributed by atoms with van der Waals surface area (Å²) >= 11 is 5.78. The summed E-state index contributed by atoms with van der Waals surface area (Å²) in [5, 5.41) is 12.2. The van der Waals surface area contributed by atoms with Crippen LogP contribution in [0.25, 0.3) is 6.08 Å². The van der Waals surface area contributed by atoms with Gasteiger partial charge in [0.05, 0.1) is 0 Å². The Morgan fingerprint density at radius 3 is 2.18 bits per heavy atom. The van der Waals surface area contributed by atoms with Gasteiger partial charge < -0.3 is 10.4 Å². The minimum Gasteiger partial charge on any atom is -0.477 e. The zero-order valence-corrected chi connectivity index (χ0v) is 12.6. The van der Waals surface area contributed by atoms with E-state index in [0.29, 0.717) is 16.1 Å². The van der Waals surface area contributed by atoms with Crippen LogP contribution in [0.15, 0.2) is 54.2 Å². The molecule has 2 aromatic carbocycles. The number of benzene rings is 2. The summed E-state index contributed by atoms with van der Waals surface area (Å²) in [6.07, 6.45) is 1.38. The number of carbonyl (C=O) groups excluding carboxylic acids is 1. The number of amides is 1. The summed E-state index contributed by atoms with van der Waals surface area (Å²) < 4.78 is 0. The number of hydrogen-bond acceptors (Lipinski definition) is 2. The van der Waals surface area contributed by atoms with E-state index in [0.717, 1.165) is 5.56 Å². The summed E-state index contributed by atoms with van der Waals surface area (Å²) in [5.41, 5.74) is 1.85. The third-order valence-corrected chi connectivity index (χ3v) is 3.23. The fourth-order valence-electron chi connectivity index (χ4n) is 1.78. The van der Waals surface area contributed by atoms with Gasteiger partial charge in [-0.1, -0.05) is 41.4 Å². The molecule has 112 valence electrons. The molecule has 0 fully saturated rings. The highest BCUT2D eigenvalue weighted by Gasteiger charge is 2.13. The van der Waals surface area contributed by atoms with Crippen molar-refractivity contribution in [3.05, 3.63) is 75.9 Å². The van der Waals surface area contributed by atoms with E-state index in [4.69, 9.17) is 11.6 Å². The molecule has 0 atom stereocenters. The topological polar surface area (TPSA) is 66.4 Å². The fraction of sp³-hybridized carbons (Fsp3) is 0.0588. The van der Waals surface area contributed by atoms with Crippen molar-refractivity contribution in [2.24, 2.45) is 0 Å². The number of rotatable bonds is 4. The average molecular weight is 316 g/mol. The maximum atomic E-state index is 12.1. The van der Waals surface area contributed by atoms with Gasteiger partial charge in [-0.2, -0.15) is 0 Å². The number of aryl methyl sites for hydroxylation is 1. The highest BCUT2D eigenvalue weighted by atomic mass is 35.5. The van der Waals surface area contributed by atoms with Crippen LogP contribution < -0.4 is 5.32 Å². The Kier molecular flexibility index (Phi) is 4.96. The second kappa shape index (κ2) is 6.91. The molecule has 0 aliphatic heterocycles. The predicted octanol–water partition coefficient (Wildman–Crippen LogP) is 3.50. The summed E-state index contributed by atoms with van der Waals surface area (Å²) in [6, 6.07) is 13.5. The first-order valence-electron chi connectivity index (χ1n) is 6.54. The summed E-state index contributed by atoms with van der Waals surface area (Å²) in [6.45, 7) is 1.91. The molecule has 0 saturated carbocycles. The van der Waals surface area contributed by atoms with Crippen LogP contribution >= 0.6 is 11.6 Å². The Labute approximate surface area is 133 Å². The van der Waals surface area contributed by atoms with Gasteiger partial charge in [0.2, 0.25) is 0 Å². The van der Waals surface area contributed by atoms with E-state index in [-0.39, 0.29) is 5.70 Å². The maximum absolute atomic E-state index is 12.1. The van der Waals surface area contributed by atoms with Crippen molar-refractivity contribution in [3.8, 4) is 0 Å². The Morgan fingerprint density at radius 2 is 1.64 bits per heavy atom. The molecule has 0 unspecified atom stereocenters. The van der Waals surface area contributed by atoms with Crippen molar-refractivity contribution in [2.75, 3.05) is 0 Å². The van der Waals surface area contributed by atoms with Crippen molar-refractivity contribution in [1.29, 1.82) is 0 Å². The normalized spacial score (nSPS) is 11.1. The lowest BCUT2D eigenvalue weighted by Crippen LogP contribution is -2.27. The predicted molar refractivity (Wildman–Crippen MR) is 85.7 cm³/mol. The molecule has 2 aromatic rings. The van der Waals surface area contributed by atoms with E-state index in [1.165, 1.54) is 6.08 Å². The lowest BCUT2D eigenvalue weighted by Gasteiger charge is -2.06. The molecule has 0 saturated heterocycles. The minimum absolute atomic E-state index is 0.201. The van der Waals surface area contributed by atoms with Crippen molar-refractivity contribution >= 4 is 29.6 Å². The van der Waals surface area contributed by atoms with E-state index < -0.39 is 11.9 Å². The van der Waals surface area contributed by atoms with Gasteiger partial charge in [-0.25, -0.2) is 4.79 Å². The number of hydrogen-bond donors (Lipinski definition) is 2. The van der Waals surface area contributed by atoms with Crippen LogP contribution in [0, 0.1) is 6.92 Å². The van der Waals surface area contributed by atoms with Crippen LogP contribution in [0.2, 0.25) is 5.02 Å². The first kappa shape index (κ1) is 15.8. The SMILES string of the molecule is Cc1ccc(C(=O)N/C(=C/c2ccc(Cl)cc2)C(=O)O)cc1. The Balaban J connectivity index is 2.21. The number of carbonyl (C=O) groups is 2. The second-order valence-electron chi connectivity index (χ2n) is 4.73. The van der Waals surface area contributed by atoms with Gasteiger partial charge >= 0.3 is 5.97 Å². The number of aliphatic carboxylic acids is 1. The molecule has 0 bridgehead atoms. The average Bonchev–Trinajstić information content (AvgIpc) is 2.49. The van der Waals surface area contributed by atoms with E-state index in [9.17, 15) is 14.7 Å². The van der Waals surface area contributed by atoms with Gasteiger partial charge in [0.15, 0.2) is 0 Å². The molecule has 2 rings (SSSR count). The minimum atomic E-state index is -1.21. The first-order valence-corrected chi connectivity index (χ1v) is 6.92. The number of nitrogens with one attached hydrogen (secondary N) is 1. The van der Waals surface area contributed by atoms with E-state index >= 15 is 0 Å². The Hall–Kier alpha value is -2.59. The number of halogens is 1. The Morgan fingerprint density at radius 1 is 1.05 bits per heavy atom. The van der Waals surface area contributed by atoms with Crippen LogP contribution in [0.4, 0.5) is 0 Å². The second-order valence-corrected chi connectivity index (χ2v) is 5.17. The van der Waals surface area contributed by atoms with Gasteiger partial charge in [0, 0.05) is 10.6 Å². The molecule has 0 aromatic heterocycles. The first-order chi connectivity index (χ1) is 10.5. The van der Waals surface area contributed by atoms with E-state index in [1.807, 2.05) is 6.92 Å². The van der Waals surface area contributed by atoms with Crippen LogP contribution in [-0.4, -0.2) is 17.0 Å². The number of carboxylic acids is 1. The molecule has 0 radical (unpaired) electrons. The highest BCUT2D eigenvalue weighted by Crippen LogP contribution is 2.12. The van der Waals surface area contributed by atoms with Gasteiger partial charge in [-0.05, 0) is 42.8 Å².